The largest absolute Gasteiger partial charge is 0.398 e. The first-order chi connectivity index (χ1) is 8.16. The van der Waals surface area contributed by atoms with Gasteiger partial charge in [0, 0.05) is 31.2 Å². The normalized spacial score (nSPS) is 10.5. The van der Waals surface area contributed by atoms with Crippen molar-refractivity contribution in [3.05, 3.63) is 41.4 Å². The molecule has 4 nitrogen and oxygen atoms in total. The van der Waals surface area contributed by atoms with Gasteiger partial charge in [0.15, 0.2) is 0 Å². The molecular formula is C12H15ClN4. The lowest BCUT2D eigenvalue weighted by Crippen LogP contribution is -2.10. The Morgan fingerprint density at radius 1 is 1.47 bits per heavy atom. The Kier molecular flexibility index (Phi) is 3.54. The molecule has 0 aliphatic rings. The van der Waals surface area contributed by atoms with Crippen molar-refractivity contribution in [3.8, 4) is 0 Å². The zero-order valence-corrected chi connectivity index (χ0v) is 10.4. The summed E-state index contributed by atoms with van der Waals surface area (Å²) in [6.07, 6.45) is 5.50. The molecule has 0 aliphatic carbocycles. The molecule has 5 heteroatoms. The molecule has 0 saturated carbocycles. The van der Waals surface area contributed by atoms with E-state index >= 15 is 0 Å². The summed E-state index contributed by atoms with van der Waals surface area (Å²) in [5.74, 6) is 0. The summed E-state index contributed by atoms with van der Waals surface area (Å²) in [6, 6.07) is 3.74. The Bertz CT molecular complexity index is 493. The number of aryl methyl sites for hydroxylation is 1. The van der Waals surface area contributed by atoms with Gasteiger partial charge in [-0.1, -0.05) is 11.6 Å². The Labute approximate surface area is 105 Å². The third kappa shape index (κ3) is 2.91. The van der Waals surface area contributed by atoms with Crippen molar-refractivity contribution >= 4 is 23.0 Å². The molecule has 1 aromatic carbocycles. The maximum Gasteiger partial charge on any atom is 0.0946 e. The van der Waals surface area contributed by atoms with Crippen LogP contribution in [0.3, 0.4) is 0 Å². The lowest BCUT2D eigenvalue weighted by molar-refractivity contribution is 0.726. The first kappa shape index (κ1) is 11.8. The van der Waals surface area contributed by atoms with E-state index in [1.807, 2.05) is 29.8 Å². The van der Waals surface area contributed by atoms with Gasteiger partial charge in [0.05, 0.1) is 17.0 Å². The van der Waals surface area contributed by atoms with Gasteiger partial charge in [0.25, 0.3) is 0 Å². The summed E-state index contributed by atoms with van der Waals surface area (Å²) < 4.78 is 2.02. The van der Waals surface area contributed by atoms with E-state index in [1.165, 1.54) is 0 Å². The van der Waals surface area contributed by atoms with Crippen LogP contribution < -0.4 is 11.1 Å². The summed E-state index contributed by atoms with van der Waals surface area (Å²) in [5.41, 5.74) is 8.45. The minimum absolute atomic E-state index is 0.584. The molecule has 2 aromatic rings. The molecule has 2 rings (SSSR count). The van der Waals surface area contributed by atoms with Crippen LogP contribution in [0.25, 0.3) is 0 Å². The Balaban J connectivity index is 1.97. The van der Waals surface area contributed by atoms with Gasteiger partial charge in [-0.3, -0.25) is 0 Å². The van der Waals surface area contributed by atoms with E-state index in [-0.39, 0.29) is 0 Å². The molecule has 0 bridgehead atoms. The molecule has 0 spiro atoms. The molecule has 1 heterocycles. The summed E-state index contributed by atoms with van der Waals surface area (Å²) in [7, 11) is 0. The highest BCUT2D eigenvalue weighted by atomic mass is 35.5. The van der Waals surface area contributed by atoms with E-state index in [4.69, 9.17) is 17.3 Å². The van der Waals surface area contributed by atoms with Crippen molar-refractivity contribution in [2.45, 2.75) is 13.5 Å². The van der Waals surface area contributed by atoms with Gasteiger partial charge in [-0.15, -0.1) is 0 Å². The summed E-state index contributed by atoms with van der Waals surface area (Å²) in [6.45, 7) is 3.69. The van der Waals surface area contributed by atoms with Gasteiger partial charge in [0.2, 0.25) is 0 Å². The average molecular weight is 251 g/mol. The zero-order chi connectivity index (χ0) is 12.3. The second kappa shape index (κ2) is 5.10. The fraction of sp³-hybridized carbons (Fsp3) is 0.250. The lowest BCUT2D eigenvalue weighted by atomic mass is 10.2. The van der Waals surface area contributed by atoms with Crippen LogP contribution in [0.15, 0.2) is 30.9 Å². The summed E-state index contributed by atoms with van der Waals surface area (Å²) in [4.78, 5) is 3.99. The van der Waals surface area contributed by atoms with Crippen molar-refractivity contribution in [1.29, 1.82) is 0 Å². The molecule has 3 N–H and O–H groups in total. The number of anilines is 2. The number of nitrogens with two attached hydrogens (primary N) is 1. The summed E-state index contributed by atoms with van der Waals surface area (Å²) >= 11 is 5.98. The van der Waals surface area contributed by atoms with E-state index in [9.17, 15) is 0 Å². The highest BCUT2D eigenvalue weighted by Gasteiger charge is 2.02. The number of nitrogens with zero attached hydrogens (tertiary/aromatic N) is 2. The Morgan fingerprint density at radius 3 is 3.00 bits per heavy atom. The van der Waals surface area contributed by atoms with E-state index < -0.39 is 0 Å². The maximum atomic E-state index is 5.98. The highest BCUT2D eigenvalue weighted by Crippen LogP contribution is 2.26. The van der Waals surface area contributed by atoms with Crippen LogP contribution in [0, 0.1) is 6.92 Å². The average Bonchev–Trinajstić information content (AvgIpc) is 2.78. The van der Waals surface area contributed by atoms with Gasteiger partial charge in [-0.25, -0.2) is 4.98 Å². The molecule has 17 heavy (non-hydrogen) atoms. The van der Waals surface area contributed by atoms with Crippen LogP contribution in [-0.4, -0.2) is 16.1 Å². The third-order valence-corrected chi connectivity index (χ3v) is 2.92. The van der Waals surface area contributed by atoms with Crippen molar-refractivity contribution in [1.82, 2.24) is 9.55 Å². The Morgan fingerprint density at radius 2 is 2.29 bits per heavy atom. The number of halogens is 1. The molecule has 0 saturated heterocycles. The minimum Gasteiger partial charge on any atom is -0.398 e. The number of benzene rings is 1. The molecule has 90 valence electrons. The summed E-state index contributed by atoms with van der Waals surface area (Å²) in [5, 5.41) is 3.91. The predicted octanol–water partition coefficient (Wildman–Crippen LogP) is 2.54. The van der Waals surface area contributed by atoms with Crippen LogP contribution in [0.2, 0.25) is 5.02 Å². The van der Waals surface area contributed by atoms with Crippen LogP contribution in [0.5, 0.6) is 0 Å². The van der Waals surface area contributed by atoms with Crippen molar-refractivity contribution in [2.24, 2.45) is 0 Å². The lowest BCUT2D eigenvalue weighted by Gasteiger charge is -2.11. The molecule has 1 aromatic heterocycles. The fourth-order valence-corrected chi connectivity index (χ4v) is 1.80. The SMILES string of the molecule is Cc1cc(N)c(Cl)cc1NCCn1ccnc1. The first-order valence-electron chi connectivity index (χ1n) is 5.42. The van der Waals surface area contributed by atoms with E-state index in [2.05, 4.69) is 10.3 Å². The van der Waals surface area contributed by atoms with Gasteiger partial charge < -0.3 is 15.6 Å². The van der Waals surface area contributed by atoms with Crippen LogP contribution in [0.1, 0.15) is 5.56 Å². The van der Waals surface area contributed by atoms with Gasteiger partial charge >= 0.3 is 0 Å². The number of aromatic nitrogens is 2. The van der Waals surface area contributed by atoms with E-state index in [1.54, 1.807) is 12.5 Å². The smallest absolute Gasteiger partial charge is 0.0946 e. The predicted molar refractivity (Wildman–Crippen MR) is 71.3 cm³/mol. The van der Waals surface area contributed by atoms with Gasteiger partial charge in [0.1, 0.15) is 0 Å². The second-order valence-corrected chi connectivity index (χ2v) is 4.32. The third-order valence-electron chi connectivity index (χ3n) is 2.59. The fourth-order valence-electron chi connectivity index (χ4n) is 1.63. The second-order valence-electron chi connectivity index (χ2n) is 3.92. The molecule has 0 radical (unpaired) electrons. The van der Waals surface area contributed by atoms with Crippen LogP contribution in [0.4, 0.5) is 11.4 Å². The van der Waals surface area contributed by atoms with Crippen molar-refractivity contribution in [2.75, 3.05) is 17.6 Å². The number of hydrogen-bond donors (Lipinski definition) is 2. The molecule has 0 aliphatic heterocycles. The number of nitrogens with one attached hydrogen (secondary N) is 1. The van der Waals surface area contributed by atoms with E-state index in [0.717, 1.165) is 24.3 Å². The standard InChI is InChI=1S/C12H15ClN4/c1-9-6-11(14)10(13)7-12(9)16-3-5-17-4-2-15-8-17/h2,4,6-8,16H,3,5,14H2,1H3. The van der Waals surface area contributed by atoms with Crippen LogP contribution in [-0.2, 0) is 6.54 Å². The zero-order valence-electron chi connectivity index (χ0n) is 9.65. The highest BCUT2D eigenvalue weighted by molar-refractivity contribution is 6.33. The first-order valence-corrected chi connectivity index (χ1v) is 5.80. The van der Waals surface area contributed by atoms with Crippen molar-refractivity contribution in [3.63, 3.8) is 0 Å². The van der Waals surface area contributed by atoms with Crippen LogP contribution >= 0.6 is 11.6 Å². The minimum atomic E-state index is 0.584. The Hall–Kier alpha value is -1.68. The topological polar surface area (TPSA) is 55.9 Å². The van der Waals surface area contributed by atoms with Crippen molar-refractivity contribution < 1.29 is 0 Å². The number of imidazole rings is 1. The molecule has 0 amide bonds. The van der Waals surface area contributed by atoms with Gasteiger partial charge in [-0.2, -0.15) is 0 Å². The molecular weight excluding hydrogens is 236 g/mol. The monoisotopic (exact) mass is 250 g/mol. The quantitative estimate of drug-likeness (QED) is 0.820. The number of rotatable bonds is 4. The van der Waals surface area contributed by atoms with E-state index in [0.29, 0.717) is 10.7 Å². The number of hydrogen-bond acceptors (Lipinski definition) is 3. The maximum absolute atomic E-state index is 5.98. The number of nitrogen functional groups attached to an aromatic ring is 1. The van der Waals surface area contributed by atoms with Gasteiger partial charge in [-0.05, 0) is 24.6 Å². The molecule has 0 unspecified atom stereocenters. The molecule has 0 atom stereocenters. The molecule has 0 fully saturated rings.